The Morgan fingerprint density at radius 2 is 0.823 bits per heavy atom. The monoisotopic (exact) mass is 1280 g/mol. The summed E-state index contributed by atoms with van der Waals surface area (Å²) in [4.78, 5) is 63.8. The molecular weight excluding hydrogens is 1210 g/mol. The summed E-state index contributed by atoms with van der Waals surface area (Å²) in [6.45, 7) is 3.03. The molecule has 0 saturated carbocycles. The Kier molecular flexibility index (Phi) is 22.7. The average molecular weight is 1280 g/mol. The number of nitrogens with zero attached hydrogens (tertiary/aromatic N) is 14. The van der Waals surface area contributed by atoms with E-state index in [1.807, 2.05) is 195 Å². The van der Waals surface area contributed by atoms with Gasteiger partial charge in [-0.2, -0.15) is 15.3 Å². The molecule has 25 heteroatoms. The Morgan fingerprint density at radius 3 is 1.17 bits per heavy atom. The summed E-state index contributed by atoms with van der Waals surface area (Å²) >= 11 is 0. The SMILES string of the molecule is C.C#CC(=O)N(C)CCn1nc(-c2ccc(Oc3ccccc3)cc2)c2c(N)ncnc21.C#CC(=O)NCCn1nc(-c2ccc(Oc3ccccc3)cc2)c2c(N)ncnc21.CN(C)C/C=C/C(=O)NCCn1nc(-c2ccc(Oc3ccccc3)cc2)c2c(N)ncnc21. The predicted molar refractivity (Wildman–Crippen MR) is 371 cm³/mol. The van der Waals surface area contributed by atoms with Gasteiger partial charge in [-0.3, -0.25) is 14.4 Å². The molecular formula is C71H69N19O6. The fourth-order valence-corrected chi connectivity index (χ4v) is 9.58. The van der Waals surface area contributed by atoms with Crippen LogP contribution in [0.4, 0.5) is 17.5 Å². The lowest BCUT2D eigenvalue weighted by molar-refractivity contribution is -0.124. The van der Waals surface area contributed by atoms with Crippen molar-refractivity contribution < 1.29 is 28.6 Å². The molecule has 0 aliphatic rings. The van der Waals surface area contributed by atoms with Crippen LogP contribution < -0.4 is 42.0 Å². The Bertz CT molecular complexity index is 4720. The van der Waals surface area contributed by atoms with Crippen molar-refractivity contribution in [2.45, 2.75) is 27.1 Å². The number of para-hydroxylation sites is 3. The van der Waals surface area contributed by atoms with Crippen molar-refractivity contribution in [2.24, 2.45) is 0 Å². The van der Waals surface area contributed by atoms with Crippen LogP contribution in [0.15, 0.2) is 195 Å². The summed E-state index contributed by atoms with van der Waals surface area (Å²) in [7, 11) is 5.53. The number of nitrogen functional groups attached to an aromatic ring is 3. The van der Waals surface area contributed by atoms with E-state index >= 15 is 0 Å². The van der Waals surface area contributed by atoms with Gasteiger partial charge in [0, 0.05) is 56.0 Å². The smallest absolute Gasteiger partial charge is 0.298 e. The van der Waals surface area contributed by atoms with Crippen molar-refractivity contribution in [3.05, 3.63) is 195 Å². The number of ether oxygens (including phenoxy) is 3. The number of hydrogen-bond acceptors (Lipinski definition) is 19. The molecule has 6 aromatic carbocycles. The molecule has 0 radical (unpaired) electrons. The zero-order valence-electron chi connectivity index (χ0n) is 52.0. The number of terminal acetylenes is 2. The van der Waals surface area contributed by atoms with E-state index in [1.165, 1.54) is 30.0 Å². The van der Waals surface area contributed by atoms with E-state index in [0.29, 0.717) is 131 Å². The van der Waals surface area contributed by atoms with Gasteiger partial charge in [-0.15, -0.1) is 12.8 Å². The number of carbonyl (C=O) groups excluding carboxylic acids is 3. The first-order valence-electron chi connectivity index (χ1n) is 29.7. The number of fused-ring (bicyclic) bond motifs is 3. The third-order valence-electron chi connectivity index (χ3n) is 14.2. The molecule has 0 fully saturated rings. The first kappa shape index (κ1) is 67.4. The number of aromatic nitrogens is 12. The van der Waals surface area contributed by atoms with Crippen LogP contribution in [0, 0.1) is 24.7 Å². The highest BCUT2D eigenvalue weighted by molar-refractivity contribution is 6.00. The van der Waals surface area contributed by atoms with E-state index in [4.69, 9.17) is 54.5 Å². The Hall–Kier alpha value is -13.0. The highest BCUT2D eigenvalue weighted by atomic mass is 16.5. The van der Waals surface area contributed by atoms with Gasteiger partial charge in [0.15, 0.2) is 16.9 Å². The van der Waals surface area contributed by atoms with E-state index in [0.717, 1.165) is 33.9 Å². The molecule has 0 atom stereocenters. The fourth-order valence-electron chi connectivity index (χ4n) is 9.58. The zero-order valence-corrected chi connectivity index (χ0v) is 52.0. The van der Waals surface area contributed by atoms with Crippen LogP contribution in [0.5, 0.6) is 34.5 Å². The summed E-state index contributed by atoms with van der Waals surface area (Å²) in [5.41, 5.74) is 24.8. The van der Waals surface area contributed by atoms with E-state index in [-0.39, 0.29) is 19.2 Å². The van der Waals surface area contributed by atoms with Crippen molar-refractivity contribution in [1.29, 1.82) is 0 Å². The summed E-state index contributed by atoms with van der Waals surface area (Å²) in [5, 5.41) is 21.5. The van der Waals surface area contributed by atoms with Crippen LogP contribution in [-0.2, 0) is 34.0 Å². The lowest BCUT2D eigenvalue weighted by atomic mass is 10.1. The Balaban J connectivity index is 0.000000168. The third kappa shape index (κ3) is 17.1. The van der Waals surface area contributed by atoms with Crippen molar-refractivity contribution in [3.63, 3.8) is 0 Å². The van der Waals surface area contributed by atoms with Crippen molar-refractivity contribution in [3.8, 4) is 93.0 Å². The maximum Gasteiger partial charge on any atom is 0.298 e. The number of nitrogens with one attached hydrogen (secondary N) is 2. The van der Waals surface area contributed by atoms with Gasteiger partial charge in [-0.25, -0.2) is 43.9 Å². The molecule has 25 nitrogen and oxygen atoms in total. The molecule has 96 heavy (non-hydrogen) atoms. The molecule has 0 aliphatic carbocycles. The normalized spacial score (nSPS) is 10.7. The van der Waals surface area contributed by atoms with Crippen LogP contribution >= 0.6 is 0 Å². The van der Waals surface area contributed by atoms with Crippen LogP contribution in [0.1, 0.15) is 7.43 Å². The van der Waals surface area contributed by atoms with E-state index in [9.17, 15) is 14.4 Å². The lowest BCUT2D eigenvalue weighted by Crippen LogP contribution is -2.29. The van der Waals surface area contributed by atoms with Gasteiger partial charge in [0.2, 0.25) is 5.91 Å². The maximum absolute atomic E-state index is 12.0. The summed E-state index contributed by atoms with van der Waals surface area (Å²) < 4.78 is 22.7. The molecule has 0 aliphatic heterocycles. The van der Waals surface area contributed by atoms with Crippen LogP contribution in [-0.4, -0.2) is 134 Å². The van der Waals surface area contributed by atoms with Crippen molar-refractivity contribution in [1.82, 2.24) is 79.7 Å². The van der Waals surface area contributed by atoms with Crippen LogP contribution in [0.2, 0.25) is 0 Å². The predicted octanol–water partition coefficient (Wildman–Crippen LogP) is 9.31. The molecule has 0 bridgehead atoms. The second kappa shape index (κ2) is 32.3. The molecule has 12 aromatic rings. The van der Waals surface area contributed by atoms with Gasteiger partial charge in [0.25, 0.3) is 11.8 Å². The summed E-state index contributed by atoms with van der Waals surface area (Å²) in [6.07, 6.45) is 17.8. The minimum atomic E-state index is -0.477. The molecule has 0 spiro atoms. The maximum atomic E-state index is 12.0. The van der Waals surface area contributed by atoms with Gasteiger partial charge in [0.1, 0.15) is 88.0 Å². The lowest BCUT2D eigenvalue weighted by Gasteiger charge is -2.13. The molecule has 12 rings (SSSR count). The molecule has 0 saturated heterocycles. The Labute approximate surface area is 553 Å². The first-order valence-corrected chi connectivity index (χ1v) is 29.7. The van der Waals surface area contributed by atoms with E-state index in [2.05, 4.69) is 51.6 Å². The number of hydrogen-bond donors (Lipinski definition) is 5. The number of likely N-dealkylation sites (N-methyl/N-ethyl adjacent to an activating group) is 2. The van der Waals surface area contributed by atoms with Gasteiger partial charge >= 0.3 is 0 Å². The van der Waals surface area contributed by atoms with E-state index in [1.54, 1.807) is 21.1 Å². The van der Waals surface area contributed by atoms with Crippen LogP contribution in [0.3, 0.4) is 0 Å². The fraction of sp³-hybridized carbons (Fsp3) is 0.155. The average Bonchev–Trinajstić information content (AvgIpc) is 1.64. The highest BCUT2D eigenvalue weighted by Gasteiger charge is 2.21. The quantitative estimate of drug-likeness (QED) is 0.0330. The van der Waals surface area contributed by atoms with Crippen molar-refractivity contribution >= 4 is 68.3 Å². The molecule has 6 aromatic heterocycles. The minimum Gasteiger partial charge on any atom is -0.457 e. The first-order chi connectivity index (χ1) is 46.2. The number of amides is 3. The summed E-state index contributed by atoms with van der Waals surface area (Å²) in [6, 6.07) is 51.4. The second-order valence-corrected chi connectivity index (χ2v) is 21.1. The van der Waals surface area contributed by atoms with Gasteiger partial charge < -0.3 is 51.8 Å². The molecule has 484 valence electrons. The molecule has 0 unspecified atom stereocenters. The summed E-state index contributed by atoms with van der Waals surface area (Å²) in [5.74, 6) is 8.52. The van der Waals surface area contributed by atoms with Gasteiger partial charge in [-0.05, 0) is 135 Å². The van der Waals surface area contributed by atoms with Gasteiger partial charge in [0.05, 0.1) is 35.8 Å². The number of benzene rings is 6. The molecule has 8 N–H and O–H groups in total. The molecule has 3 amide bonds. The minimum absolute atomic E-state index is 0. The largest absolute Gasteiger partial charge is 0.457 e. The second-order valence-electron chi connectivity index (χ2n) is 21.1. The van der Waals surface area contributed by atoms with Crippen LogP contribution in [0.25, 0.3) is 66.9 Å². The number of anilines is 3. The third-order valence-corrected chi connectivity index (χ3v) is 14.2. The Morgan fingerprint density at radius 1 is 0.479 bits per heavy atom. The number of carbonyl (C=O) groups is 3. The van der Waals surface area contributed by atoms with Crippen molar-refractivity contribution in [2.75, 3.05) is 64.5 Å². The highest BCUT2D eigenvalue weighted by Crippen LogP contribution is 2.35. The van der Waals surface area contributed by atoms with Gasteiger partial charge in [-0.1, -0.05) is 68.1 Å². The number of nitrogens with two attached hydrogens (primary N) is 3. The topological polar surface area (TPSA) is 318 Å². The number of rotatable bonds is 21. The standard InChI is InChI=1S/C25H27N7O2.C23H20N6O2.C22H18N6O2.CH4/c1-31(2)15-6-9-21(33)27-14-16-32-25-22(24(26)28-17-29-25)23(30-32)18-10-12-20(13-11-18)34-19-7-4-3-5-8-19;1-3-19(30)28(2)13-14-29-23-20(22(24)25-15-26-23)21(27-29)16-9-11-18(12-10-16)31-17-7-5-4-6-8-17;1-2-18(29)24-12-13-28-22-19(21(23)25-14-26-22)20(27-28)15-8-10-17(11-9-15)30-16-6-4-3-5-7-16;/h3-13,17H,14-16H2,1-2H3,(H,27,33)(H2,26,28,29);1,4-12,15H,13-14H2,2H3,(H2,24,25,26);1,3-11,14H,12-13H2,(H,24,29)(H2,23,25,26);1H4/b9-6+;;;. The molecule has 6 heterocycles. The zero-order chi connectivity index (χ0) is 66.6. The van der Waals surface area contributed by atoms with E-state index < -0.39 is 5.91 Å².